The lowest BCUT2D eigenvalue weighted by molar-refractivity contribution is 0.396. The summed E-state index contributed by atoms with van der Waals surface area (Å²) in [4.78, 5) is 0. The van der Waals surface area contributed by atoms with Crippen molar-refractivity contribution in [3.8, 4) is 5.75 Å². The number of methoxy groups -OCH3 is 1. The Kier molecular flexibility index (Phi) is 4.54. The van der Waals surface area contributed by atoms with E-state index in [0.717, 1.165) is 10.9 Å². The van der Waals surface area contributed by atoms with Crippen molar-refractivity contribution >= 4 is 15.9 Å². The number of rotatable bonds is 4. The van der Waals surface area contributed by atoms with Crippen molar-refractivity contribution < 1.29 is 9.13 Å². The molecule has 0 spiro atoms. The second-order valence-electron chi connectivity index (χ2n) is 3.45. The molecule has 0 heterocycles. The third kappa shape index (κ3) is 2.69. The van der Waals surface area contributed by atoms with E-state index in [2.05, 4.69) is 15.9 Å². The van der Waals surface area contributed by atoms with Crippen LogP contribution in [-0.4, -0.2) is 13.7 Å². The Labute approximate surface area is 97.7 Å². The molecule has 1 unspecified atom stereocenters. The van der Waals surface area contributed by atoms with Gasteiger partial charge in [-0.2, -0.15) is 0 Å². The summed E-state index contributed by atoms with van der Waals surface area (Å²) < 4.78 is 19.6. The van der Waals surface area contributed by atoms with Gasteiger partial charge in [-0.25, -0.2) is 4.39 Å². The minimum Gasteiger partial charge on any atom is -0.495 e. The quantitative estimate of drug-likeness (QED) is 0.917. The molecule has 1 aromatic rings. The molecule has 1 rings (SSSR count). The Morgan fingerprint density at radius 2 is 2.20 bits per heavy atom. The average molecular weight is 276 g/mol. The van der Waals surface area contributed by atoms with E-state index >= 15 is 0 Å². The highest BCUT2D eigenvalue weighted by Crippen LogP contribution is 2.36. The highest BCUT2D eigenvalue weighted by molar-refractivity contribution is 9.10. The summed E-state index contributed by atoms with van der Waals surface area (Å²) in [5.41, 5.74) is 6.07. The molecule has 2 nitrogen and oxygen atoms in total. The molecule has 0 aliphatic heterocycles. The van der Waals surface area contributed by atoms with Gasteiger partial charge in [0.05, 0.1) is 11.6 Å². The van der Waals surface area contributed by atoms with Gasteiger partial charge in [0.25, 0.3) is 0 Å². The first-order valence-corrected chi connectivity index (χ1v) is 5.63. The van der Waals surface area contributed by atoms with Crippen molar-refractivity contribution in [3.05, 3.63) is 28.0 Å². The number of ether oxygens (including phenoxy) is 1. The van der Waals surface area contributed by atoms with Gasteiger partial charge in [0, 0.05) is 5.56 Å². The zero-order valence-electron chi connectivity index (χ0n) is 8.89. The first-order chi connectivity index (χ1) is 7.11. The summed E-state index contributed by atoms with van der Waals surface area (Å²) in [5.74, 6) is 0.384. The van der Waals surface area contributed by atoms with Crippen LogP contribution in [-0.2, 0) is 0 Å². The van der Waals surface area contributed by atoms with Crippen LogP contribution in [0.5, 0.6) is 5.75 Å². The largest absolute Gasteiger partial charge is 0.495 e. The molecule has 0 bridgehead atoms. The molecule has 4 heteroatoms. The summed E-state index contributed by atoms with van der Waals surface area (Å²) in [7, 11) is 1.54. The molecule has 1 atom stereocenters. The van der Waals surface area contributed by atoms with Crippen molar-refractivity contribution in [3.63, 3.8) is 0 Å². The fraction of sp³-hybridized carbons (Fsp3) is 0.455. The molecule has 0 aliphatic carbocycles. The van der Waals surface area contributed by atoms with E-state index in [4.69, 9.17) is 10.5 Å². The van der Waals surface area contributed by atoms with E-state index < -0.39 is 0 Å². The van der Waals surface area contributed by atoms with Gasteiger partial charge in [-0.15, -0.1) is 0 Å². The molecule has 15 heavy (non-hydrogen) atoms. The second kappa shape index (κ2) is 5.47. The minimum atomic E-state index is -0.240. The zero-order chi connectivity index (χ0) is 11.4. The normalized spacial score (nSPS) is 12.6. The van der Waals surface area contributed by atoms with Gasteiger partial charge in [0.15, 0.2) is 0 Å². The first-order valence-electron chi connectivity index (χ1n) is 4.83. The monoisotopic (exact) mass is 275 g/mol. The van der Waals surface area contributed by atoms with Crippen LogP contribution in [0.2, 0.25) is 0 Å². The van der Waals surface area contributed by atoms with Crippen molar-refractivity contribution in [1.29, 1.82) is 0 Å². The molecular weight excluding hydrogens is 261 g/mol. The van der Waals surface area contributed by atoms with Crippen LogP contribution in [0, 0.1) is 5.82 Å². The standard InChI is InChI=1S/C11H15BrFNO/c1-7(5-6-14)10-9(13)4-3-8(12)11(10)15-2/h3-4,7H,5-6,14H2,1-2H3. The van der Waals surface area contributed by atoms with Crippen molar-refractivity contribution in [2.45, 2.75) is 19.3 Å². The van der Waals surface area contributed by atoms with E-state index in [0.29, 0.717) is 17.9 Å². The molecule has 1 aromatic carbocycles. The molecule has 84 valence electrons. The van der Waals surface area contributed by atoms with E-state index in [1.807, 2.05) is 6.92 Å². The predicted molar refractivity (Wildman–Crippen MR) is 62.7 cm³/mol. The molecule has 0 saturated carbocycles. The Hall–Kier alpha value is -0.610. The van der Waals surface area contributed by atoms with Gasteiger partial charge < -0.3 is 10.5 Å². The highest BCUT2D eigenvalue weighted by Gasteiger charge is 2.18. The zero-order valence-corrected chi connectivity index (χ0v) is 10.5. The van der Waals surface area contributed by atoms with Gasteiger partial charge in [0.2, 0.25) is 0 Å². The number of hydrogen-bond donors (Lipinski definition) is 1. The molecule has 0 saturated heterocycles. The maximum atomic E-state index is 13.6. The molecule has 0 aromatic heterocycles. The van der Waals surface area contributed by atoms with E-state index in [1.165, 1.54) is 13.2 Å². The van der Waals surface area contributed by atoms with Gasteiger partial charge >= 0.3 is 0 Å². The molecule has 0 radical (unpaired) electrons. The third-order valence-electron chi connectivity index (χ3n) is 2.39. The average Bonchev–Trinajstić information content (AvgIpc) is 2.21. The number of nitrogens with two attached hydrogens (primary N) is 1. The molecule has 0 amide bonds. The second-order valence-corrected chi connectivity index (χ2v) is 4.31. The van der Waals surface area contributed by atoms with Crippen molar-refractivity contribution in [2.75, 3.05) is 13.7 Å². The molecule has 0 fully saturated rings. The van der Waals surface area contributed by atoms with Crippen LogP contribution < -0.4 is 10.5 Å². The Morgan fingerprint density at radius 1 is 1.53 bits per heavy atom. The summed E-state index contributed by atoms with van der Waals surface area (Å²) >= 11 is 3.34. The Balaban J connectivity index is 3.18. The Bertz CT molecular complexity index is 344. The van der Waals surface area contributed by atoms with Crippen LogP contribution in [0.3, 0.4) is 0 Å². The molecule has 0 aliphatic rings. The maximum absolute atomic E-state index is 13.6. The van der Waals surface area contributed by atoms with Gasteiger partial charge in [-0.05, 0) is 46.9 Å². The summed E-state index contributed by atoms with van der Waals surface area (Å²) in [6, 6.07) is 3.09. The molecular formula is C11H15BrFNO. The number of benzene rings is 1. The van der Waals surface area contributed by atoms with Crippen molar-refractivity contribution in [2.24, 2.45) is 5.73 Å². The SMILES string of the molecule is COc1c(Br)ccc(F)c1C(C)CCN. The smallest absolute Gasteiger partial charge is 0.139 e. The third-order valence-corrected chi connectivity index (χ3v) is 3.02. The molecule has 2 N–H and O–H groups in total. The number of hydrogen-bond acceptors (Lipinski definition) is 2. The lowest BCUT2D eigenvalue weighted by atomic mass is 9.96. The van der Waals surface area contributed by atoms with Gasteiger partial charge in [-0.1, -0.05) is 6.92 Å². The van der Waals surface area contributed by atoms with Crippen LogP contribution in [0.4, 0.5) is 4.39 Å². The van der Waals surface area contributed by atoms with Crippen LogP contribution in [0.25, 0.3) is 0 Å². The fourth-order valence-electron chi connectivity index (χ4n) is 1.61. The summed E-state index contributed by atoms with van der Waals surface area (Å²) in [6.45, 7) is 2.48. The van der Waals surface area contributed by atoms with E-state index in [-0.39, 0.29) is 11.7 Å². The summed E-state index contributed by atoms with van der Waals surface area (Å²) in [5, 5.41) is 0. The van der Waals surface area contributed by atoms with E-state index in [1.54, 1.807) is 6.07 Å². The maximum Gasteiger partial charge on any atom is 0.139 e. The van der Waals surface area contributed by atoms with Crippen LogP contribution in [0.15, 0.2) is 16.6 Å². The number of halogens is 2. The lowest BCUT2D eigenvalue weighted by Crippen LogP contribution is -2.08. The fourth-order valence-corrected chi connectivity index (χ4v) is 2.12. The Morgan fingerprint density at radius 3 is 2.73 bits per heavy atom. The van der Waals surface area contributed by atoms with Gasteiger partial charge in [-0.3, -0.25) is 0 Å². The van der Waals surface area contributed by atoms with Crippen LogP contribution >= 0.6 is 15.9 Å². The lowest BCUT2D eigenvalue weighted by Gasteiger charge is -2.16. The topological polar surface area (TPSA) is 35.2 Å². The van der Waals surface area contributed by atoms with Crippen molar-refractivity contribution in [1.82, 2.24) is 0 Å². The summed E-state index contributed by atoms with van der Waals surface area (Å²) in [6.07, 6.45) is 0.740. The van der Waals surface area contributed by atoms with Gasteiger partial charge in [0.1, 0.15) is 11.6 Å². The first kappa shape index (κ1) is 12.5. The predicted octanol–water partition coefficient (Wildman–Crippen LogP) is 3.05. The minimum absolute atomic E-state index is 0.0578. The highest BCUT2D eigenvalue weighted by atomic mass is 79.9. The van der Waals surface area contributed by atoms with Crippen LogP contribution in [0.1, 0.15) is 24.8 Å². The van der Waals surface area contributed by atoms with E-state index in [9.17, 15) is 4.39 Å².